The topological polar surface area (TPSA) is 285 Å². The summed E-state index contributed by atoms with van der Waals surface area (Å²) in [6.45, 7) is 16.3. The second-order valence-corrected chi connectivity index (χ2v) is 27.2. The van der Waals surface area contributed by atoms with Crippen LogP contribution in [0.4, 0.5) is 22.0 Å². The van der Waals surface area contributed by atoms with Crippen molar-refractivity contribution in [1.82, 2.24) is 24.6 Å². The fourth-order valence-corrected chi connectivity index (χ4v) is 13.4. The maximum Gasteiger partial charge on any atom is 0.266 e. The quantitative estimate of drug-likeness (QED) is 0.0433. The maximum atomic E-state index is 14.2. The number of terminal acetylenes is 1. The molecule has 4 amide bonds. The third kappa shape index (κ3) is 17.2. The number of guanidine groups is 4. The lowest BCUT2D eigenvalue weighted by atomic mass is 9.81. The van der Waals surface area contributed by atoms with Crippen LogP contribution in [-0.4, -0.2) is 112 Å². The van der Waals surface area contributed by atoms with Crippen molar-refractivity contribution in [2.75, 3.05) is 14.1 Å². The molecule has 21 nitrogen and oxygen atoms in total. The van der Waals surface area contributed by atoms with Gasteiger partial charge in [0.25, 0.3) is 23.6 Å². The molecule has 9 aromatic rings. The molecule has 5 heterocycles. The summed E-state index contributed by atoms with van der Waals surface area (Å²) >= 11 is 0. The van der Waals surface area contributed by atoms with E-state index < -0.39 is 59.3 Å². The Kier molecular flexibility index (Phi) is 24.9. The van der Waals surface area contributed by atoms with Gasteiger partial charge in [0, 0.05) is 59.1 Å². The van der Waals surface area contributed by atoms with Gasteiger partial charge < -0.3 is 41.9 Å². The van der Waals surface area contributed by atoms with E-state index in [0.29, 0.717) is 84.2 Å². The highest BCUT2D eigenvalue weighted by Gasteiger charge is 2.53. The Bertz CT molecular complexity index is 5340. The van der Waals surface area contributed by atoms with Gasteiger partial charge in [-0.05, 0) is 205 Å². The summed E-state index contributed by atoms with van der Waals surface area (Å²) in [5.74, 6) is 8.79. The fourth-order valence-electron chi connectivity index (χ4n) is 13.4. The predicted octanol–water partition coefficient (Wildman–Crippen LogP) is 12.9. The minimum absolute atomic E-state index is 0.0403. The average molecular weight is 1540 g/mol. The molecule has 0 aliphatic carbocycles. The van der Waals surface area contributed by atoms with Gasteiger partial charge in [-0.15, -0.1) is 12.3 Å². The SMILES string of the molecule is C#Cc1cccc(C2(c3ccc(OC(C)F)c(C)c3)N=C(N)N(C)C2=O)c1.CC#Cc1cccc(C2(c3ccc(OC(C)F)c(C)c3)N=C(N)N(C)C2=O)c1.Cc1cc(C2(C)N=C(N)N(Cc3ccccn3)C2=O)ccc1OC(C)F.Cc1cc(C2(c3cccc(F)c3)N=C(N)N(Cc3ccccc3)C2=O)ccc1OC(C)F. The standard InChI is InChI=1S/C25H23F2N3O2.C22H22FN3O2.C21H20FN3O2.C19H21FN4O2/c1-16-13-20(11-12-22(16)32-17(2)26)25(19-9-6-10-21(27)14-19)23(31)30(24(28)29-25)15-18-7-4-3-5-8-18;1-5-7-16-8-6-9-17(13-16)22(20(27)26(4)21(24)25-22)18-10-11-19(14(2)12-18)28-15(3)23;1-5-15-7-6-8-16(12-15)21(19(26)25(4)20(23)24-21)17-9-10-18(13(2)11-17)27-14(3)22;1-12-10-14(7-8-16(12)26-13(2)20)19(3)17(25)24(18(21)23-19)11-15-6-4-5-9-22-15/h3-14,17H,15H2,1-2H3,(H2,28,29);6,8-13,15H,1-4H3,(H2,24,25);1,6-12,14H,2-4H3,(H2,23,24);4-10,13H,11H2,1-3H3,(H2,21,23). The van der Waals surface area contributed by atoms with Crippen molar-refractivity contribution in [3.8, 4) is 47.2 Å². The minimum Gasteiger partial charge on any atom is -0.460 e. The Morgan fingerprint density at radius 1 is 0.434 bits per heavy atom. The molecule has 8 atom stereocenters. The highest BCUT2D eigenvalue weighted by atomic mass is 19.2. The summed E-state index contributed by atoms with van der Waals surface area (Å²) in [6, 6.07) is 55.4. The zero-order valence-corrected chi connectivity index (χ0v) is 64.3. The smallest absolute Gasteiger partial charge is 0.266 e. The molecule has 26 heteroatoms. The molecule has 113 heavy (non-hydrogen) atoms. The molecular weight excluding hydrogens is 1450 g/mol. The lowest BCUT2D eigenvalue weighted by Crippen LogP contribution is -2.43. The number of nitrogens with zero attached hydrogens (tertiary/aromatic N) is 9. The van der Waals surface area contributed by atoms with Crippen LogP contribution in [0.3, 0.4) is 0 Å². The molecule has 0 radical (unpaired) electrons. The summed E-state index contributed by atoms with van der Waals surface area (Å²) in [4.78, 5) is 81.1. The van der Waals surface area contributed by atoms with Gasteiger partial charge in [0.1, 0.15) is 28.8 Å². The van der Waals surface area contributed by atoms with E-state index in [1.807, 2.05) is 72.8 Å². The second-order valence-electron chi connectivity index (χ2n) is 27.2. The normalized spacial score (nSPS) is 19.9. The molecule has 0 fully saturated rings. The number of hydrogen-bond acceptors (Lipinski definition) is 17. The van der Waals surface area contributed by atoms with Gasteiger partial charge in [0.15, 0.2) is 46.0 Å². The van der Waals surface area contributed by atoms with E-state index in [1.165, 1.54) is 65.5 Å². The largest absolute Gasteiger partial charge is 0.460 e. The van der Waals surface area contributed by atoms with Crippen LogP contribution in [0, 0.1) is 57.7 Å². The molecular formula is C87H86F5N13O8. The van der Waals surface area contributed by atoms with Crippen LogP contribution in [0.5, 0.6) is 23.0 Å². The van der Waals surface area contributed by atoms with Crippen molar-refractivity contribution in [2.24, 2.45) is 42.9 Å². The number of rotatable bonds is 19. The number of pyridine rings is 1. The molecule has 4 aliphatic rings. The molecule has 582 valence electrons. The number of benzene rings is 8. The van der Waals surface area contributed by atoms with Crippen LogP contribution < -0.4 is 41.9 Å². The Morgan fingerprint density at radius 2 is 0.814 bits per heavy atom. The van der Waals surface area contributed by atoms with Crippen molar-refractivity contribution in [3.05, 3.63) is 290 Å². The van der Waals surface area contributed by atoms with E-state index in [2.05, 4.69) is 42.7 Å². The van der Waals surface area contributed by atoms with E-state index in [9.17, 15) is 41.1 Å². The van der Waals surface area contributed by atoms with E-state index in [1.54, 1.807) is 165 Å². The zero-order chi connectivity index (χ0) is 82.0. The summed E-state index contributed by atoms with van der Waals surface area (Å²) in [5.41, 5.74) is 28.6. The molecule has 8 aromatic carbocycles. The maximum absolute atomic E-state index is 14.2. The predicted molar refractivity (Wildman–Crippen MR) is 423 cm³/mol. The number of halogens is 5. The monoisotopic (exact) mass is 1540 g/mol. The summed E-state index contributed by atoms with van der Waals surface area (Å²) in [6.07, 6.45) is 1.41. The van der Waals surface area contributed by atoms with Crippen LogP contribution in [0.2, 0.25) is 0 Å². The van der Waals surface area contributed by atoms with E-state index in [0.717, 1.165) is 22.4 Å². The summed E-state index contributed by atoms with van der Waals surface area (Å²) in [5, 5.41) is 0. The molecule has 13 rings (SSSR count). The molecule has 8 unspecified atom stereocenters. The molecule has 0 saturated carbocycles. The summed E-state index contributed by atoms with van der Waals surface area (Å²) < 4.78 is 87.8. The first-order valence-electron chi connectivity index (χ1n) is 35.8. The van der Waals surface area contributed by atoms with Gasteiger partial charge in [-0.25, -0.2) is 41.9 Å². The number of likely N-dealkylation sites (N-methyl/N-ethyl adjacent to an activating group) is 2. The van der Waals surface area contributed by atoms with E-state index in [4.69, 9.17) is 48.3 Å². The second kappa shape index (κ2) is 34.3. The van der Waals surface area contributed by atoms with Crippen molar-refractivity contribution in [1.29, 1.82) is 0 Å². The average Bonchev–Trinajstić information content (AvgIpc) is 1.62. The van der Waals surface area contributed by atoms with Crippen LogP contribution in [0.25, 0.3) is 0 Å². The van der Waals surface area contributed by atoms with Gasteiger partial charge in [-0.1, -0.05) is 109 Å². The number of aromatic nitrogens is 1. The number of ether oxygens (including phenoxy) is 4. The number of aliphatic imine (C=N–C) groups is 4. The number of carbonyl (C=O) groups is 4. The first-order chi connectivity index (χ1) is 53.7. The molecule has 8 N–H and O–H groups in total. The van der Waals surface area contributed by atoms with E-state index in [-0.39, 0.29) is 54.6 Å². The number of carbonyl (C=O) groups excluding carboxylic acids is 4. The van der Waals surface area contributed by atoms with Gasteiger partial charge in [0.2, 0.25) is 25.4 Å². The van der Waals surface area contributed by atoms with Crippen LogP contribution >= 0.6 is 0 Å². The number of alkyl halides is 4. The van der Waals surface area contributed by atoms with Gasteiger partial charge in [0.05, 0.1) is 18.8 Å². The molecule has 0 spiro atoms. The van der Waals surface area contributed by atoms with Gasteiger partial charge in [-0.2, -0.15) is 0 Å². The number of amides is 4. The lowest BCUT2D eigenvalue weighted by Gasteiger charge is -2.28. The molecule has 1 aromatic heterocycles. The minimum atomic E-state index is -1.56. The number of nitrogens with two attached hydrogens (primary N) is 4. The molecule has 0 saturated heterocycles. The van der Waals surface area contributed by atoms with Crippen LogP contribution in [0.1, 0.15) is 125 Å². The zero-order valence-electron chi connectivity index (χ0n) is 64.3. The molecule has 4 aliphatic heterocycles. The first kappa shape index (κ1) is 82.1. The number of hydrogen-bond donors (Lipinski definition) is 4. The van der Waals surface area contributed by atoms with Crippen LogP contribution in [0.15, 0.2) is 220 Å². The summed E-state index contributed by atoms with van der Waals surface area (Å²) in [7, 11) is 3.16. The Balaban J connectivity index is 0.000000160. The highest BCUT2D eigenvalue weighted by Crippen LogP contribution is 2.45. The van der Waals surface area contributed by atoms with Gasteiger partial charge >= 0.3 is 0 Å². The Morgan fingerprint density at radius 3 is 1.22 bits per heavy atom. The van der Waals surface area contributed by atoms with Crippen molar-refractivity contribution >= 4 is 47.5 Å². The van der Waals surface area contributed by atoms with Crippen molar-refractivity contribution in [3.63, 3.8) is 0 Å². The fraction of sp³-hybridized carbons (Fsp3) is 0.253. The Hall–Kier alpha value is -13.4. The van der Waals surface area contributed by atoms with Gasteiger partial charge in [-0.3, -0.25) is 43.8 Å². The van der Waals surface area contributed by atoms with Crippen molar-refractivity contribution in [2.45, 2.75) is 130 Å². The third-order valence-electron chi connectivity index (χ3n) is 19.0. The third-order valence-corrected chi connectivity index (χ3v) is 19.0. The Labute approximate surface area is 652 Å². The lowest BCUT2D eigenvalue weighted by molar-refractivity contribution is -0.131. The highest BCUT2D eigenvalue weighted by molar-refractivity contribution is 6.11. The molecule has 0 bridgehead atoms. The number of aryl methyl sites for hydroxylation is 4. The van der Waals surface area contributed by atoms with Crippen LogP contribution in [-0.2, 0) is 54.4 Å². The van der Waals surface area contributed by atoms with Crippen molar-refractivity contribution < 1.29 is 60.1 Å². The first-order valence-corrected chi connectivity index (χ1v) is 35.8. The van der Waals surface area contributed by atoms with E-state index >= 15 is 0 Å².